The Labute approximate surface area is 76.8 Å². The average Bonchev–Trinajstić information content (AvgIpc) is 2.21. The molecule has 0 fully saturated rings. The van der Waals surface area contributed by atoms with Crippen LogP contribution in [-0.4, -0.2) is 4.98 Å². The summed E-state index contributed by atoms with van der Waals surface area (Å²) in [6, 6.07) is 13.4. The first-order chi connectivity index (χ1) is 6.45. The second-order valence-corrected chi connectivity index (χ2v) is 2.60. The minimum atomic E-state index is 0.758. The van der Waals surface area contributed by atoms with Crippen LogP contribution in [0.25, 0.3) is 0 Å². The highest BCUT2D eigenvalue weighted by molar-refractivity contribution is 5.28. The maximum Gasteiger partial charge on any atom is 0.145 e. The lowest BCUT2D eigenvalue weighted by molar-refractivity contribution is 0.480. The van der Waals surface area contributed by atoms with Crippen LogP contribution in [0.3, 0.4) is 0 Å². The van der Waals surface area contributed by atoms with Crippen molar-refractivity contribution in [3.8, 4) is 11.5 Å². The molecule has 1 aromatic carbocycles. The molecule has 0 radical (unpaired) electrons. The Morgan fingerprint density at radius 1 is 0.846 bits per heavy atom. The third-order valence-corrected chi connectivity index (χ3v) is 1.61. The Balaban J connectivity index is 2.16. The van der Waals surface area contributed by atoms with E-state index in [9.17, 15) is 0 Å². The molecule has 64 valence electrons. The van der Waals surface area contributed by atoms with Crippen molar-refractivity contribution in [1.82, 2.24) is 4.98 Å². The van der Waals surface area contributed by atoms with Crippen molar-refractivity contribution in [2.75, 3.05) is 0 Å². The van der Waals surface area contributed by atoms with Gasteiger partial charge in [-0.05, 0) is 24.3 Å². The monoisotopic (exact) mass is 171 g/mol. The largest absolute Gasteiger partial charge is 0.456 e. The van der Waals surface area contributed by atoms with Gasteiger partial charge in [0.1, 0.15) is 11.5 Å². The van der Waals surface area contributed by atoms with Gasteiger partial charge in [-0.1, -0.05) is 18.2 Å². The number of ether oxygens (including phenoxy) is 1. The highest BCUT2D eigenvalue weighted by atomic mass is 16.5. The van der Waals surface area contributed by atoms with Crippen molar-refractivity contribution < 1.29 is 4.74 Å². The van der Waals surface area contributed by atoms with E-state index in [1.165, 1.54) is 0 Å². The second kappa shape index (κ2) is 3.72. The molecule has 2 rings (SSSR count). The number of hydrogen-bond donors (Lipinski definition) is 0. The van der Waals surface area contributed by atoms with Crippen LogP contribution >= 0.6 is 0 Å². The van der Waals surface area contributed by atoms with Gasteiger partial charge in [0, 0.05) is 6.20 Å². The van der Waals surface area contributed by atoms with Crippen molar-refractivity contribution in [2.24, 2.45) is 0 Å². The molecule has 0 bridgehead atoms. The van der Waals surface area contributed by atoms with Gasteiger partial charge in [-0.25, -0.2) is 0 Å². The lowest BCUT2D eigenvalue weighted by atomic mass is 10.3. The van der Waals surface area contributed by atoms with Gasteiger partial charge >= 0.3 is 0 Å². The Hall–Kier alpha value is -1.83. The molecule has 1 aromatic heterocycles. The number of benzene rings is 1. The first kappa shape index (κ1) is 7.80. The van der Waals surface area contributed by atoms with E-state index in [1.54, 1.807) is 12.4 Å². The van der Waals surface area contributed by atoms with E-state index in [2.05, 4.69) is 4.98 Å². The number of hydrogen-bond acceptors (Lipinski definition) is 2. The maximum atomic E-state index is 5.52. The minimum absolute atomic E-state index is 0.758. The highest BCUT2D eigenvalue weighted by Gasteiger charge is 1.93. The number of para-hydroxylation sites is 1. The first-order valence-corrected chi connectivity index (χ1v) is 4.08. The van der Waals surface area contributed by atoms with E-state index in [0.717, 1.165) is 11.5 Å². The van der Waals surface area contributed by atoms with E-state index >= 15 is 0 Å². The Morgan fingerprint density at radius 3 is 2.31 bits per heavy atom. The van der Waals surface area contributed by atoms with E-state index in [0.29, 0.717) is 0 Å². The highest BCUT2D eigenvalue weighted by Crippen LogP contribution is 2.18. The summed E-state index contributed by atoms with van der Waals surface area (Å²) in [4.78, 5) is 3.96. The number of rotatable bonds is 2. The normalized spacial score (nSPS) is 9.54. The predicted molar refractivity (Wildman–Crippen MR) is 50.8 cm³/mol. The van der Waals surface area contributed by atoms with Gasteiger partial charge in [0.05, 0.1) is 6.20 Å². The van der Waals surface area contributed by atoms with E-state index in [-0.39, 0.29) is 0 Å². The number of pyridine rings is 1. The molecular weight excluding hydrogens is 162 g/mol. The van der Waals surface area contributed by atoms with Crippen molar-refractivity contribution in [3.05, 3.63) is 54.9 Å². The number of aromatic nitrogens is 1. The van der Waals surface area contributed by atoms with Crippen LogP contribution in [0.4, 0.5) is 0 Å². The summed E-state index contributed by atoms with van der Waals surface area (Å²) >= 11 is 0. The van der Waals surface area contributed by atoms with Crippen molar-refractivity contribution >= 4 is 0 Å². The zero-order chi connectivity index (χ0) is 8.93. The van der Waals surface area contributed by atoms with Crippen LogP contribution in [0.1, 0.15) is 0 Å². The summed E-state index contributed by atoms with van der Waals surface area (Å²) in [6.45, 7) is 0. The maximum absolute atomic E-state index is 5.52. The van der Waals surface area contributed by atoms with Gasteiger partial charge in [0.25, 0.3) is 0 Å². The van der Waals surface area contributed by atoms with Gasteiger partial charge in [-0.2, -0.15) is 0 Å². The third-order valence-electron chi connectivity index (χ3n) is 1.61. The molecule has 0 atom stereocenters. The summed E-state index contributed by atoms with van der Waals surface area (Å²) in [5, 5.41) is 0. The van der Waals surface area contributed by atoms with E-state index in [1.807, 2.05) is 42.5 Å². The van der Waals surface area contributed by atoms with Crippen molar-refractivity contribution in [1.29, 1.82) is 0 Å². The molecule has 0 N–H and O–H groups in total. The predicted octanol–water partition coefficient (Wildman–Crippen LogP) is 2.87. The van der Waals surface area contributed by atoms with Gasteiger partial charge in [0.15, 0.2) is 0 Å². The first-order valence-electron chi connectivity index (χ1n) is 4.08. The third kappa shape index (κ3) is 2.06. The van der Waals surface area contributed by atoms with Gasteiger partial charge < -0.3 is 4.74 Å². The molecule has 2 heteroatoms. The molecule has 0 aliphatic carbocycles. The van der Waals surface area contributed by atoms with Crippen LogP contribution in [0, 0.1) is 0 Å². The Bertz CT molecular complexity index is 321. The smallest absolute Gasteiger partial charge is 0.145 e. The van der Waals surface area contributed by atoms with Crippen LogP contribution in [0.5, 0.6) is 11.5 Å². The summed E-state index contributed by atoms with van der Waals surface area (Å²) in [5.41, 5.74) is 0. The van der Waals surface area contributed by atoms with Crippen LogP contribution < -0.4 is 4.74 Å². The molecule has 2 nitrogen and oxygen atoms in total. The topological polar surface area (TPSA) is 22.1 Å². The lowest BCUT2D eigenvalue weighted by Crippen LogP contribution is -1.83. The quantitative estimate of drug-likeness (QED) is 0.693. The molecule has 0 aliphatic rings. The molecule has 2 aromatic rings. The molecule has 0 saturated heterocycles. The molecule has 0 amide bonds. The minimum Gasteiger partial charge on any atom is -0.456 e. The molecule has 13 heavy (non-hydrogen) atoms. The lowest BCUT2D eigenvalue weighted by Gasteiger charge is -2.03. The Morgan fingerprint density at radius 2 is 1.62 bits per heavy atom. The Kier molecular flexibility index (Phi) is 2.23. The van der Waals surface area contributed by atoms with Crippen LogP contribution in [0.2, 0.25) is 0 Å². The SMILES string of the molecule is c1ccc(Oc2cccnc2)cc1. The fourth-order valence-corrected chi connectivity index (χ4v) is 1.03. The molecule has 0 spiro atoms. The molecule has 0 unspecified atom stereocenters. The molecule has 0 saturated carbocycles. The number of nitrogens with zero attached hydrogens (tertiary/aromatic N) is 1. The second-order valence-electron chi connectivity index (χ2n) is 2.60. The molecule has 1 heterocycles. The summed E-state index contributed by atoms with van der Waals surface area (Å²) in [6.07, 6.45) is 3.41. The van der Waals surface area contributed by atoms with Crippen LogP contribution in [-0.2, 0) is 0 Å². The fourth-order valence-electron chi connectivity index (χ4n) is 1.03. The standard InChI is InChI=1S/C11H9NO/c1-2-5-10(6-3-1)13-11-7-4-8-12-9-11/h1-9H. The fraction of sp³-hybridized carbons (Fsp3) is 0. The van der Waals surface area contributed by atoms with Gasteiger partial charge in [-0.15, -0.1) is 0 Å². The van der Waals surface area contributed by atoms with Crippen molar-refractivity contribution in [3.63, 3.8) is 0 Å². The van der Waals surface area contributed by atoms with Gasteiger partial charge in [-0.3, -0.25) is 4.98 Å². The van der Waals surface area contributed by atoms with Crippen molar-refractivity contribution in [2.45, 2.75) is 0 Å². The summed E-state index contributed by atoms with van der Waals surface area (Å²) < 4.78 is 5.52. The van der Waals surface area contributed by atoms with E-state index in [4.69, 9.17) is 4.74 Å². The van der Waals surface area contributed by atoms with Crippen LogP contribution in [0.15, 0.2) is 54.9 Å². The molecule has 0 aliphatic heterocycles. The average molecular weight is 171 g/mol. The zero-order valence-electron chi connectivity index (χ0n) is 7.05. The zero-order valence-corrected chi connectivity index (χ0v) is 7.05. The molecular formula is C11H9NO. The summed E-state index contributed by atoms with van der Waals surface area (Å²) in [7, 11) is 0. The van der Waals surface area contributed by atoms with Gasteiger partial charge in [0.2, 0.25) is 0 Å². The summed E-state index contributed by atoms with van der Waals surface area (Å²) in [5.74, 6) is 1.59. The van der Waals surface area contributed by atoms with E-state index < -0.39 is 0 Å².